The van der Waals surface area contributed by atoms with E-state index in [4.69, 9.17) is 9.47 Å². The Kier molecular flexibility index (Phi) is 5.11. The van der Waals surface area contributed by atoms with Crippen LogP contribution in [-0.2, 0) is 10.2 Å². The molecule has 5 heteroatoms. The normalized spacial score (nSPS) is 16.4. The summed E-state index contributed by atoms with van der Waals surface area (Å²) in [5.41, 5.74) is 1.37. The second-order valence-electron chi connectivity index (χ2n) is 5.99. The summed E-state index contributed by atoms with van der Waals surface area (Å²) in [5.74, 6) is 0.697. The van der Waals surface area contributed by atoms with Gasteiger partial charge in [-0.1, -0.05) is 24.3 Å². The molecule has 3 rings (SSSR count). The lowest BCUT2D eigenvalue weighted by Gasteiger charge is -2.38. The highest BCUT2D eigenvalue weighted by Crippen LogP contribution is 2.39. The number of nitrogens with zero attached hydrogens (tertiary/aromatic N) is 1. The van der Waals surface area contributed by atoms with Crippen LogP contribution in [0.3, 0.4) is 0 Å². The average molecular weight is 326 g/mol. The second kappa shape index (κ2) is 7.45. The van der Waals surface area contributed by atoms with Gasteiger partial charge in [-0.3, -0.25) is 9.78 Å². The number of benzene rings is 1. The lowest BCUT2D eigenvalue weighted by Crippen LogP contribution is -2.45. The highest BCUT2D eigenvalue weighted by molar-refractivity contribution is 5.92. The Morgan fingerprint density at radius 2 is 1.96 bits per heavy atom. The fraction of sp³-hybridized carbons (Fsp3) is 0.368. The third kappa shape index (κ3) is 3.41. The van der Waals surface area contributed by atoms with Crippen LogP contribution in [0.5, 0.6) is 5.75 Å². The van der Waals surface area contributed by atoms with Gasteiger partial charge >= 0.3 is 0 Å². The molecule has 24 heavy (non-hydrogen) atoms. The quantitative estimate of drug-likeness (QED) is 0.917. The molecular formula is C19H22N2O3. The molecular weight excluding hydrogens is 304 g/mol. The number of ether oxygens (including phenoxy) is 2. The molecule has 1 saturated heterocycles. The number of hydrogen-bond donors (Lipinski definition) is 1. The van der Waals surface area contributed by atoms with Gasteiger partial charge in [0, 0.05) is 36.9 Å². The second-order valence-corrected chi connectivity index (χ2v) is 5.99. The predicted octanol–water partition coefficient (Wildman–Crippen LogP) is 2.57. The zero-order valence-electron chi connectivity index (χ0n) is 13.8. The Balaban J connectivity index is 1.83. The summed E-state index contributed by atoms with van der Waals surface area (Å²) >= 11 is 0. The third-order valence-corrected chi connectivity index (χ3v) is 4.61. The van der Waals surface area contributed by atoms with Crippen molar-refractivity contribution in [1.82, 2.24) is 10.3 Å². The van der Waals surface area contributed by atoms with E-state index in [1.807, 2.05) is 24.3 Å². The highest BCUT2D eigenvalue weighted by Gasteiger charge is 2.37. The van der Waals surface area contributed by atoms with Crippen molar-refractivity contribution in [2.24, 2.45) is 0 Å². The first-order valence-corrected chi connectivity index (χ1v) is 8.16. The van der Waals surface area contributed by atoms with Gasteiger partial charge in [0.25, 0.3) is 5.91 Å². The topological polar surface area (TPSA) is 60.5 Å². The number of carbonyl (C=O) groups is 1. The van der Waals surface area contributed by atoms with Crippen molar-refractivity contribution in [3.05, 3.63) is 59.9 Å². The minimum absolute atomic E-state index is 0.156. The maximum atomic E-state index is 12.4. The number of hydrogen-bond acceptors (Lipinski definition) is 4. The Morgan fingerprint density at radius 3 is 2.67 bits per heavy atom. The van der Waals surface area contributed by atoms with E-state index in [-0.39, 0.29) is 11.3 Å². The first-order chi connectivity index (χ1) is 11.7. The minimum atomic E-state index is -0.185. The molecule has 0 aliphatic carbocycles. The van der Waals surface area contributed by atoms with Crippen LogP contribution in [0.1, 0.15) is 28.9 Å². The van der Waals surface area contributed by atoms with Crippen molar-refractivity contribution in [1.29, 1.82) is 0 Å². The lowest BCUT2D eigenvalue weighted by molar-refractivity contribution is 0.0478. The van der Waals surface area contributed by atoms with Crippen LogP contribution in [0.4, 0.5) is 0 Å². The van der Waals surface area contributed by atoms with Crippen LogP contribution in [0.15, 0.2) is 48.7 Å². The maximum Gasteiger partial charge on any atom is 0.269 e. The van der Waals surface area contributed by atoms with Gasteiger partial charge in [0.15, 0.2) is 0 Å². The first-order valence-electron chi connectivity index (χ1n) is 8.16. The van der Waals surface area contributed by atoms with E-state index in [1.54, 1.807) is 25.4 Å². The van der Waals surface area contributed by atoms with E-state index < -0.39 is 0 Å². The number of nitrogens with one attached hydrogen (secondary N) is 1. The van der Waals surface area contributed by atoms with E-state index in [2.05, 4.69) is 16.4 Å². The highest BCUT2D eigenvalue weighted by atomic mass is 16.5. The van der Waals surface area contributed by atoms with Gasteiger partial charge < -0.3 is 14.8 Å². The molecule has 1 aliphatic heterocycles. The summed E-state index contributed by atoms with van der Waals surface area (Å²) in [6.45, 7) is 1.89. The molecule has 5 nitrogen and oxygen atoms in total. The molecule has 0 radical (unpaired) electrons. The summed E-state index contributed by atoms with van der Waals surface area (Å²) in [6, 6.07) is 13.3. The Bertz CT molecular complexity index is 682. The molecule has 1 N–H and O–H groups in total. The monoisotopic (exact) mass is 326 g/mol. The van der Waals surface area contributed by atoms with Crippen LogP contribution < -0.4 is 10.1 Å². The summed E-state index contributed by atoms with van der Waals surface area (Å²) < 4.78 is 11.1. The van der Waals surface area contributed by atoms with Gasteiger partial charge in [0.1, 0.15) is 11.4 Å². The SMILES string of the molecule is COc1ccccc1C1(CNC(=O)c2ccccn2)CCOCC1. The maximum absolute atomic E-state index is 12.4. The van der Waals surface area contributed by atoms with Crippen LogP contribution in [0.2, 0.25) is 0 Å². The zero-order chi connectivity index (χ0) is 16.8. The van der Waals surface area contributed by atoms with Crippen LogP contribution >= 0.6 is 0 Å². The number of para-hydroxylation sites is 1. The molecule has 0 saturated carbocycles. The van der Waals surface area contributed by atoms with Crippen LogP contribution in [0, 0.1) is 0 Å². The third-order valence-electron chi connectivity index (χ3n) is 4.61. The van der Waals surface area contributed by atoms with E-state index >= 15 is 0 Å². The number of amides is 1. The molecule has 0 bridgehead atoms. The van der Waals surface area contributed by atoms with E-state index in [9.17, 15) is 4.79 Å². The van der Waals surface area contributed by atoms with Crippen molar-refractivity contribution >= 4 is 5.91 Å². The van der Waals surface area contributed by atoms with Crippen molar-refractivity contribution in [3.8, 4) is 5.75 Å². The molecule has 126 valence electrons. The summed E-state index contributed by atoms with van der Waals surface area (Å²) in [5, 5.41) is 3.05. The summed E-state index contributed by atoms with van der Waals surface area (Å²) in [6.07, 6.45) is 3.31. The molecule has 0 unspecified atom stereocenters. The van der Waals surface area contributed by atoms with Crippen LogP contribution in [0.25, 0.3) is 0 Å². The average Bonchev–Trinajstić information content (AvgIpc) is 2.67. The Hall–Kier alpha value is -2.40. The number of carbonyl (C=O) groups excluding carboxylic acids is 1. The Labute approximate surface area is 142 Å². The number of rotatable bonds is 5. The molecule has 1 aliphatic rings. The molecule has 1 fully saturated rings. The smallest absolute Gasteiger partial charge is 0.269 e. The van der Waals surface area contributed by atoms with Crippen LogP contribution in [-0.4, -0.2) is 37.8 Å². The molecule has 1 amide bonds. The van der Waals surface area contributed by atoms with Gasteiger partial charge in [-0.2, -0.15) is 0 Å². The first kappa shape index (κ1) is 16.5. The van der Waals surface area contributed by atoms with Crippen molar-refractivity contribution in [2.45, 2.75) is 18.3 Å². The summed E-state index contributed by atoms with van der Waals surface area (Å²) in [4.78, 5) is 16.5. The summed E-state index contributed by atoms with van der Waals surface area (Å²) in [7, 11) is 1.68. The molecule has 2 heterocycles. The van der Waals surface area contributed by atoms with Gasteiger partial charge in [-0.25, -0.2) is 0 Å². The van der Waals surface area contributed by atoms with E-state index in [1.165, 1.54) is 0 Å². The molecule has 1 aromatic carbocycles. The molecule has 2 aromatic rings. The Morgan fingerprint density at radius 1 is 1.21 bits per heavy atom. The van der Waals surface area contributed by atoms with Gasteiger partial charge in [-0.15, -0.1) is 0 Å². The van der Waals surface area contributed by atoms with Gasteiger partial charge in [0.2, 0.25) is 0 Å². The fourth-order valence-electron chi connectivity index (χ4n) is 3.22. The standard InChI is InChI=1S/C19H22N2O3/c1-23-17-8-3-2-6-15(17)19(9-12-24-13-10-19)14-21-18(22)16-7-4-5-11-20-16/h2-8,11H,9-10,12-14H2,1H3,(H,21,22). The number of aromatic nitrogens is 1. The molecule has 0 atom stereocenters. The van der Waals surface area contributed by atoms with Crippen molar-refractivity contribution in [3.63, 3.8) is 0 Å². The fourth-order valence-corrected chi connectivity index (χ4v) is 3.22. The van der Waals surface area contributed by atoms with Gasteiger partial charge in [0.05, 0.1) is 7.11 Å². The minimum Gasteiger partial charge on any atom is -0.496 e. The predicted molar refractivity (Wildman–Crippen MR) is 91.3 cm³/mol. The molecule has 1 aromatic heterocycles. The van der Waals surface area contributed by atoms with Crippen molar-refractivity contribution in [2.75, 3.05) is 26.9 Å². The lowest BCUT2D eigenvalue weighted by atomic mass is 9.73. The van der Waals surface area contributed by atoms with Gasteiger partial charge in [-0.05, 0) is 31.0 Å². The zero-order valence-corrected chi connectivity index (χ0v) is 13.8. The number of pyridine rings is 1. The van der Waals surface area contributed by atoms with E-state index in [0.29, 0.717) is 25.5 Å². The number of methoxy groups -OCH3 is 1. The van der Waals surface area contributed by atoms with E-state index in [0.717, 1.165) is 24.2 Å². The molecule has 0 spiro atoms. The van der Waals surface area contributed by atoms with Crippen molar-refractivity contribution < 1.29 is 14.3 Å². The largest absolute Gasteiger partial charge is 0.496 e.